The van der Waals surface area contributed by atoms with Gasteiger partial charge in [-0.15, -0.1) is 0 Å². The van der Waals surface area contributed by atoms with Crippen molar-refractivity contribution in [3.63, 3.8) is 0 Å². The Hall–Kier alpha value is -1.99. The number of methoxy groups -OCH3 is 1. The molecule has 4 nitrogen and oxygen atoms in total. The lowest BCUT2D eigenvalue weighted by Gasteiger charge is -2.27. The van der Waals surface area contributed by atoms with Crippen molar-refractivity contribution in [3.05, 3.63) is 72.5 Å². The van der Waals surface area contributed by atoms with Crippen LogP contribution < -0.4 is 20.1 Å². The Labute approximate surface area is 175 Å². The molecule has 0 aliphatic carbocycles. The molecule has 0 aliphatic heterocycles. The average molecular weight is 479 g/mol. The smallest absolute Gasteiger partial charge is 0.147 e. The van der Waals surface area contributed by atoms with Crippen molar-refractivity contribution < 1.29 is 14.8 Å². The normalized spacial score (nSPS) is 11.4. The first-order valence-electron chi connectivity index (χ1n) is 8.82. The van der Waals surface area contributed by atoms with E-state index < -0.39 is 0 Å². The first kappa shape index (κ1) is 21.3. The molecule has 0 fully saturated rings. The molecular weight excluding hydrogens is 451 g/mol. The van der Waals surface area contributed by atoms with E-state index >= 15 is 0 Å². The van der Waals surface area contributed by atoms with Crippen LogP contribution in [0.5, 0.6) is 11.5 Å². The van der Waals surface area contributed by atoms with Gasteiger partial charge in [0.2, 0.25) is 0 Å². The Morgan fingerprint density at radius 1 is 1.26 bits per heavy atom. The van der Waals surface area contributed by atoms with E-state index in [1.165, 1.54) is 11.3 Å². The maximum Gasteiger partial charge on any atom is 0.147 e. The number of hydrogen-bond acceptors (Lipinski definition) is 3. The standard InChI is InChI=1S/C22H27IN2O2/c1-16(22(2,3)18-8-6-7-9-19(18)24-4)12-13-25-20-11-10-17(26-5)14-21(20)27-15-23/h6-14,24-25H,1,15H2,2-5H3/p+1. The predicted molar refractivity (Wildman–Crippen MR) is 121 cm³/mol. The Balaban J connectivity index is 2.17. The van der Waals surface area contributed by atoms with Crippen LogP contribution in [0.15, 0.2) is 66.9 Å². The Bertz CT molecular complexity index is 816. The van der Waals surface area contributed by atoms with Crippen LogP contribution in [0.2, 0.25) is 0 Å². The maximum atomic E-state index is 5.69. The molecule has 0 atom stereocenters. The van der Waals surface area contributed by atoms with Gasteiger partial charge in [-0.05, 0) is 52.4 Å². The molecule has 5 heteroatoms. The third kappa shape index (κ3) is 5.26. The largest absolute Gasteiger partial charge is 0.497 e. The van der Waals surface area contributed by atoms with Crippen molar-refractivity contribution in [2.75, 3.05) is 24.1 Å². The van der Waals surface area contributed by atoms with Crippen LogP contribution in [-0.4, -0.2) is 18.8 Å². The summed E-state index contributed by atoms with van der Waals surface area (Å²) >= 11 is 2.18. The first-order valence-corrected chi connectivity index (χ1v) is 10.3. The van der Waals surface area contributed by atoms with E-state index in [0.29, 0.717) is 4.61 Å². The van der Waals surface area contributed by atoms with E-state index in [2.05, 4.69) is 85.0 Å². The van der Waals surface area contributed by atoms with E-state index in [9.17, 15) is 0 Å². The zero-order valence-corrected chi connectivity index (χ0v) is 18.5. The molecule has 2 aromatic rings. The van der Waals surface area contributed by atoms with Gasteiger partial charge in [0.15, 0.2) is 0 Å². The summed E-state index contributed by atoms with van der Waals surface area (Å²) in [6.07, 6.45) is 3.93. The van der Waals surface area contributed by atoms with Crippen molar-refractivity contribution in [1.29, 1.82) is 0 Å². The number of ether oxygens (including phenoxy) is 2. The lowest BCUT2D eigenvalue weighted by atomic mass is 9.77. The van der Waals surface area contributed by atoms with Crippen LogP contribution >= 0.6 is 22.6 Å². The number of nitrogens with two attached hydrogens (primary N) is 1. The molecule has 0 spiro atoms. The third-order valence-corrected chi connectivity index (χ3v) is 4.98. The van der Waals surface area contributed by atoms with Gasteiger partial charge in [0.05, 0.1) is 19.8 Å². The number of alkyl halides is 1. The maximum absolute atomic E-state index is 5.69. The minimum absolute atomic E-state index is 0.178. The fourth-order valence-electron chi connectivity index (χ4n) is 2.86. The highest BCUT2D eigenvalue weighted by atomic mass is 127. The fraction of sp³-hybridized carbons (Fsp3) is 0.273. The number of allylic oxidation sites excluding steroid dienone is 2. The monoisotopic (exact) mass is 479 g/mol. The van der Waals surface area contributed by atoms with Crippen LogP contribution in [-0.2, 0) is 5.41 Å². The summed E-state index contributed by atoms with van der Waals surface area (Å²) < 4.78 is 11.5. The Morgan fingerprint density at radius 3 is 2.67 bits per heavy atom. The average Bonchev–Trinajstić information content (AvgIpc) is 2.68. The van der Waals surface area contributed by atoms with Gasteiger partial charge in [-0.3, -0.25) is 0 Å². The summed E-state index contributed by atoms with van der Waals surface area (Å²) in [5.41, 5.74) is 4.23. The van der Waals surface area contributed by atoms with Crippen molar-refractivity contribution in [2.24, 2.45) is 0 Å². The van der Waals surface area contributed by atoms with Crippen molar-refractivity contribution in [2.45, 2.75) is 19.3 Å². The van der Waals surface area contributed by atoms with Gasteiger partial charge in [-0.2, -0.15) is 0 Å². The molecule has 0 saturated carbocycles. The molecule has 0 aromatic heterocycles. The molecule has 0 heterocycles. The molecule has 0 unspecified atom stereocenters. The molecule has 144 valence electrons. The predicted octanol–water partition coefficient (Wildman–Crippen LogP) is 4.75. The summed E-state index contributed by atoms with van der Waals surface area (Å²) in [4.78, 5) is 0. The van der Waals surface area contributed by atoms with E-state index in [0.717, 1.165) is 22.8 Å². The second kappa shape index (κ2) is 9.80. The van der Waals surface area contributed by atoms with Gasteiger partial charge >= 0.3 is 0 Å². The highest BCUT2D eigenvalue weighted by Gasteiger charge is 2.26. The highest BCUT2D eigenvalue weighted by Crippen LogP contribution is 2.34. The lowest BCUT2D eigenvalue weighted by Crippen LogP contribution is -2.73. The highest BCUT2D eigenvalue weighted by molar-refractivity contribution is 14.1. The van der Waals surface area contributed by atoms with Gasteiger partial charge in [0.1, 0.15) is 21.8 Å². The topological polar surface area (TPSA) is 47.1 Å². The fourth-order valence-corrected chi connectivity index (χ4v) is 3.19. The number of hydrogen-bond donors (Lipinski definition) is 2. The van der Waals surface area contributed by atoms with Gasteiger partial charge < -0.3 is 20.1 Å². The van der Waals surface area contributed by atoms with Crippen LogP contribution in [0, 0.1) is 0 Å². The molecule has 2 rings (SSSR count). The SMILES string of the molecule is C=C(C=CNc1ccc(OC)cc1OCI)C(C)(C)c1ccccc1[NH2+]C. The summed E-state index contributed by atoms with van der Waals surface area (Å²) in [7, 11) is 3.71. The van der Waals surface area contributed by atoms with Crippen LogP contribution in [0.3, 0.4) is 0 Å². The summed E-state index contributed by atoms with van der Waals surface area (Å²) in [6.45, 7) is 8.69. The zero-order valence-electron chi connectivity index (χ0n) is 16.4. The van der Waals surface area contributed by atoms with E-state index in [1.54, 1.807) is 7.11 Å². The van der Waals surface area contributed by atoms with Crippen LogP contribution in [0.4, 0.5) is 11.4 Å². The first-order chi connectivity index (χ1) is 12.9. The van der Waals surface area contributed by atoms with Crippen molar-refractivity contribution in [1.82, 2.24) is 0 Å². The quantitative estimate of drug-likeness (QED) is 0.236. The molecule has 0 bridgehead atoms. The molecule has 0 aliphatic rings. The van der Waals surface area contributed by atoms with E-state index in [1.807, 2.05) is 30.5 Å². The Kier molecular flexibility index (Phi) is 7.74. The molecule has 0 saturated heterocycles. The summed E-state index contributed by atoms with van der Waals surface area (Å²) in [6, 6.07) is 14.2. The lowest BCUT2D eigenvalue weighted by molar-refractivity contribution is -0.540. The number of anilines is 1. The summed E-state index contributed by atoms with van der Waals surface area (Å²) in [5, 5.41) is 5.44. The van der Waals surface area contributed by atoms with Crippen molar-refractivity contribution in [3.8, 4) is 11.5 Å². The van der Waals surface area contributed by atoms with Gasteiger partial charge in [0.25, 0.3) is 0 Å². The second-order valence-corrected chi connectivity index (χ2v) is 7.24. The van der Waals surface area contributed by atoms with E-state index in [4.69, 9.17) is 9.47 Å². The molecule has 27 heavy (non-hydrogen) atoms. The number of rotatable bonds is 9. The number of benzene rings is 2. The second-order valence-electron chi connectivity index (χ2n) is 6.62. The van der Waals surface area contributed by atoms with Crippen molar-refractivity contribution >= 4 is 34.0 Å². The summed E-state index contributed by atoms with van der Waals surface area (Å²) in [5.74, 6) is 1.52. The number of quaternary nitrogens is 1. The van der Waals surface area contributed by atoms with Crippen LogP contribution in [0.25, 0.3) is 0 Å². The van der Waals surface area contributed by atoms with Gasteiger partial charge in [-0.25, -0.2) is 0 Å². The minimum atomic E-state index is -0.178. The molecule has 3 N–H and O–H groups in total. The van der Waals surface area contributed by atoms with Crippen LogP contribution in [0.1, 0.15) is 19.4 Å². The van der Waals surface area contributed by atoms with E-state index in [-0.39, 0.29) is 5.41 Å². The van der Waals surface area contributed by atoms with Gasteiger partial charge in [-0.1, -0.05) is 38.6 Å². The number of halogens is 1. The molecule has 2 aromatic carbocycles. The third-order valence-electron chi connectivity index (χ3n) is 4.67. The van der Waals surface area contributed by atoms with Gasteiger partial charge in [0, 0.05) is 23.2 Å². The molecule has 0 amide bonds. The number of nitrogens with one attached hydrogen (secondary N) is 1. The molecule has 0 radical (unpaired) electrons. The number of para-hydroxylation sites is 1. The molecular formula is C22H28IN2O2+. The zero-order chi connectivity index (χ0) is 19.9. The minimum Gasteiger partial charge on any atom is -0.497 e. The Morgan fingerprint density at radius 2 is 2.00 bits per heavy atom.